The molecule has 1 fully saturated rings. The Bertz CT molecular complexity index is 1140. The van der Waals surface area contributed by atoms with Crippen molar-refractivity contribution in [3.63, 3.8) is 0 Å². The van der Waals surface area contributed by atoms with Crippen LogP contribution in [0.4, 0.5) is 5.69 Å². The van der Waals surface area contributed by atoms with E-state index in [0.29, 0.717) is 28.3 Å². The van der Waals surface area contributed by atoms with E-state index in [0.717, 1.165) is 32.1 Å². The second-order valence-corrected chi connectivity index (χ2v) is 9.51. The second-order valence-electron chi connectivity index (χ2n) is 9.51. The molecule has 196 valence electrons. The SMILES string of the molecule is C=CCN1C(=O)[C@@H](CC(=O)c2ccccc2)Nc2cc(OC)c(OC)cc2[C@H]1C(=O)NC1CCCCC1. The second kappa shape index (κ2) is 12.0. The molecule has 2 aromatic rings. The minimum atomic E-state index is -0.924. The van der Waals surface area contributed by atoms with E-state index in [1.54, 1.807) is 42.5 Å². The third kappa shape index (κ3) is 5.79. The Morgan fingerprint density at radius 3 is 2.41 bits per heavy atom. The zero-order valence-electron chi connectivity index (χ0n) is 21.5. The molecule has 2 aliphatic rings. The topological polar surface area (TPSA) is 97.0 Å². The van der Waals surface area contributed by atoms with Crippen LogP contribution in [0, 0.1) is 0 Å². The fourth-order valence-electron chi connectivity index (χ4n) is 5.20. The van der Waals surface area contributed by atoms with Crippen LogP contribution >= 0.6 is 0 Å². The van der Waals surface area contributed by atoms with Crippen LogP contribution in [0.3, 0.4) is 0 Å². The molecule has 0 aromatic heterocycles. The van der Waals surface area contributed by atoms with Crippen molar-refractivity contribution in [3.8, 4) is 11.5 Å². The van der Waals surface area contributed by atoms with Gasteiger partial charge in [0.05, 0.1) is 14.2 Å². The number of nitrogens with one attached hydrogen (secondary N) is 2. The number of ketones is 1. The van der Waals surface area contributed by atoms with E-state index in [9.17, 15) is 14.4 Å². The number of anilines is 1. The molecule has 2 aromatic carbocycles. The van der Waals surface area contributed by atoms with Gasteiger partial charge in [0.15, 0.2) is 17.3 Å². The summed E-state index contributed by atoms with van der Waals surface area (Å²) < 4.78 is 11.0. The lowest BCUT2D eigenvalue weighted by atomic mass is 9.94. The van der Waals surface area contributed by atoms with Crippen LogP contribution in [-0.4, -0.2) is 55.3 Å². The highest BCUT2D eigenvalue weighted by molar-refractivity contribution is 6.02. The highest BCUT2D eigenvalue weighted by Gasteiger charge is 2.41. The minimum Gasteiger partial charge on any atom is -0.493 e. The first-order chi connectivity index (χ1) is 18.0. The van der Waals surface area contributed by atoms with E-state index < -0.39 is 12.1 Å². The van der Waals surface area contributed by atoms with Gasteiger partial charge in [0.1, 0.15) is 12.1 Å². The molecule has 8 nitrogen and oxygen atoms in total. The first-order valence-corrected chi connectivity index (χ1v) is 12.8. The number of benzene rings is 2. The van der Waals surface area contributed by atoms with Crippen molar-refractivity contribution in [1.29, 1.82) is 0 Å². The van der Waals surface area contributed by atoms with Crippen molar-refractivity contribution in [2.75, 3.05) is 26.1 Å². The zero-order valence-corrected chi connectivity index (χ0v) is 21.5. The highest BCUT2D eigenvalue weighted by atomic mass is 16.5. The summed E-state index contributed by atoms with van der Waals surface area (Å²) in [5, 5.41) is 6.43. The van der Waals surface area contributed by atoms with Gasteiger partial charge in [0.25, 0.3) is 0 Å². The number of carbonyl (C=O) groups excluding carboxylic acids is 3. The molecule has 0 spiro atoms. The van der Waals surface area contributed by atoms with Crippen molar-refractivity contribution >= 4 is 23.3 Å². The molecule has 0 saturated heterocycles. The Kier molecular flexibility index (Phi) is 8.48. The van der Waals surface area contributed by atoms with Crippen molar-refractivity contribution in [2.24, 2.45) is 0 Å². The van der Waals surface area contributed by atoms with Crippen LogP contribution in [0.5, 0.6) is 11.5 Å². The summed E-state index contributed by atoms with van der Waals surface area (Å²) >= 11 is 0. The van der Waals surface area contributed by atoms with Crippen LogP contribution in [-0.2, 0) is 9.59 Å². The van der Waals surface area contributed by atoms with Crippen molar-refractivity contribution in [2.45, 2.75) is 56.7 Å². The fourth-order valence-corrected chi connectivity index (χ4v) is 5.20. The van der Waals surface area contributed by atoms with Gasteiger partial charge in [-0.05, 0) is 18.9 Å². The van der Waals surface area contributed by atoms with Gasteiger partial charge < -0.3 is 25.0 Å². The standard InChI is InChI=1S/C29H35N3O5/c1-4-15-32-27(28(34)30-20-13-9-6-10-14-20)21-16-25(36-2)26(37-3)18-22(21)31-23(29(32)35)17-24(33)19-11-7-5-8-12-19/h4-5,7-8,11-12,16,18,20,23,27,31H,1,6,9-10,13-15,17H2,2-3H3,(H,30,34)/t23-,27+/m1/s1. The lowest BCUT2D eigenvalue weighted by molar-refractivity contribution is -0.140. The van der Waals surface area contributed by atoms with Gasteiger partial charge in [-0.1, -0.05) is 55.7 Å². The molecule has 1 aliphatic heterocycles. The summed E-state index contributed by atoms with van der Waals surface area (Å²) in [6.45, 7) is 3.97. The summed E-state index contributed by atoms with van der Waals surface area (Å²) in [6.07, 6.45) is 6.66. The van der Waals surface area contributed by atoms with Crippen molar-refractivity contribution in [3.05, 3.63) is 66.2 Å². The first kappa shape index (κ1) is 26.3. The number of carbonyl (C=O) groups is 3. The van der Waals surface area contributed by atoms with Crippen molar-refractivity contribution in [1.82, 2.24) is 10.2 Å². The summed E-state index contributed by atoms with van der Waals surface area (Å²) in [5.74, 6) is 0.132. The van der Waals surface area contributed by atoms with Gasteiger partial charge in [0, 0.05) is 41.9 Å². The molecule has 2 atom stereocenters. The van der Waals surface area contributed by atoms with Crippen LogP contribution < -0.4 is 20.1 Å². The normalized spacial score (nSPS) is 19.7. The minimum absolute atomic E-state index is 0.0668. The van der Waals surface area contributed by atoms with Crippen LogP contribution in [0.15, 0.2) is 55.1 Å². The molecule has 0 unspecified atom stereocenters. The predicted molar refractivity (Wildman–Crippen MR) is 142 cm³/mol. The van der Waals surface area contributed by atoms with E-state index in [4.69, 9.17) is 9.47 Å². The number of hydrogen-bond acceptors (Lipinski definition) is 6. The lowest BCUT2D eigenvalue weighted by Gasteiger charge is -2.32. The average Bonchev–Trinajstić information content (AvgIpc) is 3.03. The van der Waals surface area contributed by atoms with Gasteiger partial charge in [-0.3, -0.25) is 14.4 Å². The molecular formula is C29H35N3O5. The van der Waals surface area contributed by atoms with Gasteiger partial charge in [-0.25, -0.2) is 0 Å². The van der Waals surface area contributed by atoms with Crippen molar-refractivity contribution < 1.29 is 23.9 Å². The summed E-state index contributed by atoms with van der Waals surface area (Å²) in [6, 6.07) is 10.6. The highest BCUT2D eigenvalue weighted by Crippen LogP contribution is 2.41. The molecule has 0 radical (unpaired) electrons. The molecule has 4 rings (SSSR count). The number of methoxy groups -OCH3 is 2. The smallest absolute Gasteiger partial charge is 0.247 e. The monoisotopic (exact) mass is 505 g/mol. The van der Waals surface area contributed by atoms with E-state index >= 15 is 0 Å². The Labute approximate surface area is 218 Å². The number of ether oxygens (including phenoxy) is 2. The van der Waals surface area contributed by atoms with Gasteiger partial charge >= 0.3 is 0 Å². The molecule has 1 aliphatic carbocycles. The number of rotatable bonds is 9. The van der Waals surface area contributed by atoms with E-state index in [1.165, 1.54) is 19.1 Å². The quantitative estimate of drug-likeness (QED) is 0.390. The average molecular weight is 506 g/mol. The number of fused-ring (bicyclic) bond motifs is 1. The predicted octanol–water partition coefficient (Wildman–Crippen LogP) is 4.28. The summed E-state index contributed by atoms with van der Waals surface area (Å²) in [7, 11) is 3.05. The third-order valence-corrected chi connectivity index (χ3v) is 7.08. The van der Waals surface area contributed by atoms with Gasteiger partial charge in [-0.2, -0.15) is 0 Å². The molecular weight excluding hydrogens is 470 g/mol. The Morgan fingerprint density at radius 1 is 1.08 bits per heavy atom. The van der Waals surface area contributed by atoms with Gasteiger partial charge in [0.2, 0.25) is 11.8 Å². The molecule has 8 heteroatoms. The molecule has 2 N–H and O–H groups in total. The molecule has 2 amide bonds. The lowest BCUT2D eigenvalue weighted by Crippen LogP contribution is -2.49. The maximum Gasteiger partial charge on any atom is 0.247 e. The Balaban J connectivity index is 1.76. The molecule has 37 heavy (non-hydrogen) atoms. The fraction of sp³-hybridized carbons (Fsp3) is 0.414. The third-order valence-electron chi connectivity index (χ3n) is 7.08. The number of Topliss-reactive ketones (excluding diaryl/α,β-unsaturated/α-hetero) is 1. The van der Waals surface area contributed by atoms with E-state index in [1.807, 2.05) is 6.07 Å². The van der Waals surface area contributed by atoms with Gasteiger partial charge in [-0.15, -0.1) is 6.58 Å². The summed E-state index contributed by atoms with van der Waals surface area (Å²) in [5.41, 5.74) is 1.65. The first-order valence-electron chi connectivity index (χ1n) is 12.8. The number of hydrogen-bond donors (Lipinski definition) is 2. The van der Waals surface area contributed by atoms with Crippen LogP contribution in [0.1, 0.15) is 60.5 Å². The van der Waals surface area contributed by atoms with Crippen LogP contribution in [0.2, 0.25) is 0 Å². The Hall–Kier alpha value is -3.81. The van der Waals surface area contributed by atoms with E-state index in [2.05, 4.69) is 17.2 Å². The molecule has 1 saturated carbocycles. The maximum atomic E-state index is 13.9. The van der Waals surface area contributed by atoms with Crippen LogP contribution in [0.25, 0.3) is 0 Å². The largest absolute Gasteiger partial charge is 0.493 e. The Morgan fingerprint density at radius 2 is 1.76 bits per heavy atom. The summed E-state index contributed by atoms with van der Waals surface area (Å²) in [4.78, 5) is 42.3. The maximum absolute atomic E-state index is 13.9. The molecule has 0 bridgehead atoms. The number of nitrogens with zero attached hydrogens (tertiary/aromatic N) is 1. The molecule has 1 heterocycles. The number of amides is 2. The van der Waals surface area contributed by atoms with E-state index in [-0.39, 0.29) is 36.6 Å². The zero-order chi connectivity index (χ0) is 26.4.